The van der Waals surface area contributed by atoms with Gasteiger partial charge in [0, 0.05) is 30.9 Å². The topological polar surface area (TPSA) is 51.0 Å². The second kappa shape index (κ2) is 6.83. The highest BCUT2D eigenvalue weighted by molar-refractivity contribution is 7.99. The largest absolute Gasteiger partial charge is 0.309 e. The summed E-state index contributed by atoms with van der Waals surface area (Å²) in [5.74, 6) is 1.02. The number of thiazole rings is 1. The molecule has 0 saturated carbocycles. The Morgan fingerprint density at radius 2 is 2.36 bits per heavy atom. The van der Waals surface area contributed by atoms with Gasteiger partial charge >= 0.3 is 0 Å². The third-order valence-corrected chi connectivity index (χ3v) is 6.07. The molecular weight excluding hydrogens is 316 g/mol. The number of aryl methyl sites for hydroxylation is 2. The van der Waals surface area contributed by atoms with Crippen LogP contribution in [0.2, 0.25) is 0 Å². The van der Waals surface area contributed by atoms with E-state index in [-0.39, 0.29) is 11.2 Å². The number of thioether (sulfide) groups is 1. The quantitative estimate of drug-likeness (QED) is 0.842. The molecule has 1 atom stereocenters. The Bertz CT molecular complexity index is 652. The number of anilines is 1. The maximum absolute atomic E-state index is 12.7. The van der Waals surface area contributed by atoms with Crippen molar-refractivity contribution in [3.05, 3.63) is 28.5 Å². The predicted molar refractivity (Wildman–Crippen MR) is 91.4 cm³/mol. The number of piperidine rings is 1. The fourth-order valence-electron chi connectivity index (χ4n) is 2.56. The van der Waals surface area contributed by atoms with Crippen LogP contribution in [0.4, 0.5) is 5.69 Å². The Kier molecular flexibility index (Phi) is 4.83. The molecule has 1 aliphatic heterocycles. The van der Waals surface area contributed by atoms with Crippen molar-refractivity contribution in [3.63, 3.8) is 0 Å². The van der Waals surface area contributed by atoms with Crippen LogP contribution in [0.1, 0.15) is 30.5 Å². The zero-order valence-corrected chi connectivity index (χ0v) is 14.5. The van der Waals surface area contributed by atoms with Crippen molar-refractivity contribution in [2.45, 2.75) is 37.2 Å². The summed E-state index contributed by atoms with van der Waals surface area (Å²) in [6, 6.07) is 0. The zero-order valence-electron chi connectivity index (χ0n) is 12.9. The first-order valence-electron chi connectivity index (χ1n) is 7.52. The summed E-state index contributed by atoms with van der Waals surface area (Å²) in [4.78, 5) is 19.1. The summed E-state index contributed by atoms with van der Waals surface area (Å²) in [5, 5.41) is 7.47. The number of hydrogen-bond acceptors (Lipinski definition) is 5. The van der Waals surface area contributed by atoms with Crippen LogP contribution in [0.3, 0.4) is 0 Å². The standard InChI is InChI=1S/C15H20N4OS2/c1-3-14-17-11(10-22-14)9-21-13-5-4-6-19(15(13)20)12-7-16-18(2)8-12/h7-8,10,13H,3-6,9H2,1-2H3/t13-/m0/s1. The van der Waals surface area contributed by atoms with Crippen molar-refractivity contribution in [2.24, 2.45) is 7.05 Å². The van der Waals surface area contributed by atoms with E-state index in [0.717, 1.165) is 42.9 Å². The van der Waals surface area contributed by atoms with Crippen LogP contribution >= 0.6 is 23.1 Å². The molecule has 0 aliphatic carbocycles. The fraction of sp³-hybridized carbons (Fsp3) is 0.533. The first-order chi connectivity index (χ1) is 10.7. The molecule has 1 amide bonds. The summed E-state index contributed by atoms with van der Waals surface area (Å²) >= 11 is 3.42. The lowest BCUT2D eigenvalue weighted by Gasteiger charge is -2.30. The lowest BCUT2D eigenvalue weighted by atomic mass is 10.1. The van der Waals surface area contributed by atoms with Gasteiger partial charge in [0.1, 0.15) is 0 Å². The third-order valence-electron chi connectivity index (χ3n) is 3.73. The first kappa shape index (κ1) is 15.6. The lowest BCUT2D eigenvalue weighted by molar-refractivity contribution is -0.119. The summed E-state index contributed by atoms with van der Waals surface area (Å²) in [7, 11) is 1.87. The van der Waals surface area contributed by atoms with Crippen LogP contribution in [-0.2, 0) is 24.0 Å². The number of nitrogens with zero attached hydrogens (tertiary/aromatic N) is 4. The van der Waals surface area contributed by atoms with Crippen molar-refractivity contribution < 1.29 is 4.79 Å². The van der Waals surface area contributed by atoms with E-state index in [1.165, 1.54) is 5.01 Å². The number of carbonyl (C=O) groups excluding carboxylic acids is 1. The third kappa shape index (κ3) is 3.35. The zero-order chi connectivity index (χ0) is 15.5. The molecule has 1 fully saturated rings. The lowest BCUT2D eigenvalue weighted by Crippen LogP contribution is -2.42. The van der Waals surface area contributed by atoms with Crippen LogP contribution in [0.5, 0.6) is 0 Å². The number of amides is 1. The average Bonchev–Trinajstić information content (AvgIpc) is 3.15. The molecule has 0 aromatic carbocycles. The number of carbonyl (C=O) groups is 1. The highest BCUT2D eigenvalue weighted by Crippen LogP contribution is 2.29. The molecule has 1 aliphatic rings. The molecule has 0 radical (unpaired) electrons. The smallest absolute Gasteiger partial charge is 0.240 e. The normalized spacial score (nSPS) is 18.9. The van der Waals surface area contributed by atoms with Crippen LogP contribution in [0.25, 0.3) is 0 Å². The van der Waals surface area contributed by atoms with Gasteiger partial charge in [-0.05, 0) is 19.3 Å². The molecule has 5 nitrogen and oxygen atoms in total. The molecule has 0 N–H and O–H groups in total. The van der Waals surface area contributed by atoms with E-state index in [1.807, 2.05) is 18.1 Å². The minimum atomic E-state index is 0.0285. The van der Waals surface area contributed by atoms with Gasteiger partial charge in [-0.2, -0.15) is 5.10 Å². The average molecular weight is 336 g/mol. The monoisotopic (exact) mass is 336 g/mol. The van der Waals surface area contributed by atoms with E-state index in [0.29, 0.717) is 0 Å². The van der Waals surface area contributed by atoms with Crippen molar-refractivity contribution in [2.75, 3.05) is 11.4 Å². The number of rotatable bonds is 5. The van der Waals surface area contributed by atoms with E-state index in [2.05, 4.69) is 22.4 Å². The van der Waals surface area contributed by atoms with Crippen LogP contribution in [0.15, 0.2) is 17.8 Å². The van der Waals surface area contributed by atoms with Crippen molar-refractivity contribution in [1.29, 1.82) is 0 Å². The highest BCUT2D eigenvalue weighted by Gasteiger charge is 2.30. The van der Waals surface area contributed by atoms with Crippen molar-refractivity contribution >= 4 is 34.7 Å². The Morgan fingerprint density at radius 1 is 1.50 bits per heavy atom. The second-order valence-electron chi connectivity index (χ2n) is 5.39. The Morgan fingerprint density at radius 3 is 3.05 bits per heavy atom. The minimum absolute atomic E-state index is 0.0285. The van der Waals surface area contributed by atoms with Crippen LogP contribution in [0, 0.1) is 0 Å². The summed E-state index contributed by atoms with van der Waals surface area (Å²) in [5.41, 5.74) is 2.00. The predicted octanol–water partition coefficient (Wildman–Crippen LogP) is 2.87. The molecule has 3 rings (SSSR count). The molecule has 2 aromatic rings. The summed E-state index contributed by atoms with van der Waals surface area (Å²) in [6.07, 6.45) is 6.63. The molecule has 0 unspecified atom stereocenters. The second-order valence-corrected chi connectivity index (χ2v) is 7.52. The van der Waals surface area contributed by atoms with Crippen LogP contribution < -0.4 is 4.90 Å². The van der Waals surface area contributed by atoms with E-state index >= 15 is 0 Å². The van der Waals surface area contributed by atoms with E-state index < -0.39 is 0 Å². The van der Waals surface area contributed by atoms with Gasteiger partial charge in [-0.25, -0.2) is 4.98 Å². The van der Waals surface area contributed by atoms with E-state index in [9.17, 15) is 4.79 Å². The summed E-state index contributed by atoms with van der Waals surface area (Å²) < 4.78 is 1.74. The highest BCUT2D eigenvalue weighted by atomic mass is 32.2. The minimum Gasteiger partial charge on any atom is -0.309 e. The van der Waals surface area contributed by atoms with E-state index in [4.69, 9.17) is 0 Å². The van der Waals surface area contributed by atoms with Gasteiger partial charge in [-0.15, -0.1) is 23.1 Å². The molecule has 7 heteroatoms. The molecule has 1 saturated heterocycles. The van der Waals surface area contributed by atoms with Gasteiger partial charge in [0.25, 0.3) is 0 Å². The maximum atomic E-state index is 12.7. The van der Waals surface area contributed by atoms with E-state index in [1.54, 1.807) is 34.0 Å². The Balaban J connectivity index is 1.62. The number of aromatic nitrogens is 3. The maximum Gasteiger partial charge on any atom is 0.240 e. The van der Waals surface area contributed by atoms with Crippen molar-refractivity contribution in [1.82, 2.24) is 14.8 Å². The van der Waals surface area contributed by atoms with Crippen LogP contribution in [-0.4, -0.2) is 32.5 Å². The molecule has 22 heavy (non-hydrogen) atoms. The molecule has 0 bridgehead atoms. The van der Waals surface area contributed by atoms with Crippen molar-refractivity contribution in [3.8, 4) is 0 Å². The van der Waals surface area contributed by atoms with Gasteiger partial charge in [0.2, 0.25) is 5.91 Å². The Labute approximate surface area is 138 Å². The molecule has 2 aromatic heterocycles. The SMILES string of the molecule is CCc1nc(CS[C@H]2CCCN(c3cnn(C)c3)C2=O)cs1. The van der Waals surface area contributed by atoms with Gasteiger partial charge in [-0.3, -0.25) is 9.48 Å². The molecule has 0 spiro atoms. The van der Waals surface area contributed by atoms with Gasteiger partial charge in [0.15, 0.2) is 0 Å². The number of hydrogen-bond donors (Lipinski definition) is 0. The van der Waals surface area contributed by atoms with Gasteiger partial charge < -0.3 is 4.90 Å². The molecule has 3 heterocycles. The molecular formula is C15H20N4OS2. The molecule has 118 valence electrons. The first-order valence-corrected chi connectivity index (χ1v) is 9.45. The fourth-order valence-corrected chi connectivity index (χ4v) is 4.54. The summed E-state index contributed by atoms with van der Waals surface area (Å²) in [6.45, 7) is 2.91. The van der Waals surface area contributed by atoms with Gasteiger partial charge in [-0.1, -0.05) is 6.92 Å². The van der Waals surface area contributed by atoms with Gasteiger partial charge in [0.05, 0.1) is 27.8 Å². The Hall–Kier alpha value is -1.34.